The Morgan fingerprint density at radius 1 is 1.07 bits per heavy atom. The maximum Gasteiger partial charge on any atom is 0.263 e. The molecule has 0 radical (unpaired) electrons. The Labute approximate surface area is 154 Å². The molecule has 2 aromatic carbocycles. The van der Waals surface area contributed by atoms with E-state index in [0.29, 0.717) is 30.3 Å². The SMILES string of the molecule is Cc1c(NS(=O)(=O)c2ccc3c(c2)OCCO3)noc1-c1ccccc1F. The summed E-state index contributed by atoms with van der Waals surface area (Å²) in [6.45, 7) is 2.35. The van der Waals surface area contributed by atoms with Crippen LogP contribution in [-0.4, -0.2) is 26.8 Å². The third kappa shape index (κ3) is 3.21. The number of fused-ring (bicyclic) bond motifs is 1. The van der Waals surface area contributed by atoms with E-state index in [9.17, 15) is 12.8 Å². The van der Waals surface area contributed by atoms with Crippen LogP contribution in [-0.2, 0) is 10.0 Å². The van der Waals surface area contributed by atoms with Gasteiger partial charge in [-0.05, 0) is 31.2 Å². The number of aromatic nitrogens is 1. The van der Waals surface area contributed by atoms with E-state index < -0.39 is 15.8 Å². The maximum atomic E-state index is 14.0. The monoisotopic (exact) mass is 390 g/mol. The molecule has 0 saturated heterocycles. The number of hydrogen-bond donors (Lipinski definition) is 1. The van der Waals surface area contributed by atoms with Crippen molar-refractivity contribution < 1.29 is 26.8 Å². The first-order chi connectivity index (χ1) is 13.0. The predicted molar refractivity (Wildman–Crippen MR) is 94.9 cm³/mol. The zero-order chi connectivity index (χ0) is 19.0. The summed E-state index contributed by atoms with van der Waals surface area (Å²) in [5.41, 5.74) is 0.577. The average Bonchev–Trinajstić information content (AvgIpc) is 3.01. The number of nitrogens with one attached hydrogen (secondary N) is 1. The number of anilines is 1. The molecule has 140 valence electrons. The van der Waals surface area contributed by atoms with E-state index in [1.54, 1.807) is 19.1 Å². The first kappa shape index (κ1) is 17.3. The zero-order valence-electron chi connectivity index (χ0n) is 14.2. The summed E-state index contributed by atoms with van der Waals surface area (Å²) in [6.07, 6.45) is 0. The third-order valence-electron chi connectivity index (χ3n) is 4.10. The normalized spacial score (nSPS) is 13.4. The Morgan fingerprint density at radius 2 is 1.81 bits per heavy atom. The predicted octanol–water partition coefficient (Wildman–Crippen LogP) is 3.36. The number of nitrogens with zero attached hydrogens (tertiary/aromatic N) is 1. The lowest BCUT2D eigenvalue weighted by Gasteiger charge is -2.18. The highest BCUT2D eigenvalue weighted by Crippen LogP contribution is 2.34. The average molecular weight is 390 g/mol. The van der Waals surface area contributed by atoms with Gasteiger partial charge in [-0.1, -0.05) is 17.3 Å². The topological polar surface area (TPSA) is 90.7 Å². The van der Waals surface area contributed by atoms with Crippen LogP contribution in [0.15, 0.2) is 51.9 Å². The van der Waals surface area contributed by atoms with Crippen molar-refractivity contribution >= 4 is 15.8 Å². The number of sulfonamides is 1. The van der Waals surface area contributed by atoms with Crippen LogP contribution < -0.4 is 14.2 Å². The van der Waals surface area contributed by atoms with Gasteiger partial charge in [0, 0.05) is 11.6 Å². The lowest BCUT2D eigenvalue weighted by atomic mass is 10.1. The quantitative estimate of drug-likeness (QED) is 0.735. The molecular weight excluding hydrogens is 375 g/mol. The molecule has 7 nitrogen and oxygen atoms in total. The molecule has 0 fully saturated rings. The van der Waals surface area contributed by atoms with Crippen molar-refractivity contribution in [2.75, 3.05) is 17.9 Å². The second-order valence-corrected chi connectivity index (χ2v) is 7.56. The summed E-state index contributed by atoms with van der Waals surface area (Å²) in [5, 5.41) is 3.74. The maximum absolute atomic E-state index is 14.0. The van der Waals surface area contributed by atoms with Crippen molar-refractivity contribution in [1.82, 2.24) is 5.16 Å². The van der Waals surface area contributed by atoms with Crippen LogP contribution in [0, 0.1) is 12.7 Å². The van der Waals surface area contributed by atoms with Gasteiger partial charge in [0.15, 0.2) is 23.1 Å². The molecule has 0 spiro atoms. The molecule has 1 aliphatic rings. The van der Waals surface area contributed by atoms with Gasteiger partial charge in [0.05, 0.1) is 10.5 Å². The number of ether oxygens (including phenoxy) is 2. The van der Waals surface area contributed by atoms with Crippen LogP contribution in [0.4, 0.5) is 10.2 Å². The molecular formula is C18H15FN2O5S. The fourth-order valence-electron chi connectivity index (χ4n) is 2.70. The summed E-state index contributed by atoms with van der Waals surface area (Å²) in [7, 11) is -3.95. The van der Waals surface area contributed by atoms with E-state index in [0.717, 1.165) is 0 Å². The smallest absolute Gasteiger partial charge is 0.263 e. The Morgan fingerprint density at radius 3 is 2.59 bits per heavy atom. The van der Waals surface area contributed by atoms with E-state index in [1.807, 2.05) is 0 Å². The molecule has 4 rings (SSSR count). The Bertz CT molecular complexity index is 1110. The molecule has 1 aliphatic heterocycles. The Balaban J connectivity index is 1.65. The molecule has 0 aliphatic carbocycles. The second-order valence-electron chi connectivity index (χ2n) is 5.88. The lowest BCUT2D eigenvalue weighted by molar-refractivity contribution is 0.171. The van der Waals surface area contributed by atoms with Crippen LogP contribution >= 0.6 is 0 Å². The van der Waals surface area contributed by atoms with Gasteiger partial charge >= 0.3 is 0 Å². The Hall–Kier alpha value is -3.07. The summed E-state index contributed by atoms with van der Waals surface area (Å²) in [6, 6.07) is 10.3. The second kappa shape index (κ2) is 6.58. The van der Waals surface area contributed by atoms with Crippen LogP contribution in [0.25, 0.3) is 11.3 Å². The van der Waals surface area contributed by atoms with Crippen molar-refractivity contribution in [3.8, 4) is 22.8 Å². The molecule has 9 heteroatoms. The van der Waals surface area contributed by atoms with Crippen molar-refractivity contribution in [3.05, 3.63) is 53.8 Å². The minimum absolute atomic E-state index is 0.0110. The standard InChI is InChI=1S/C18H15FN2O5S/c1-11-17(13-4-2-3-5-14(13)19)26-20-18(11)21-27(22,23)12-6-7-15-16(10-12)25-9-8-24-15/h2-7,10H,8-9H2,1H3,(H,20,21). The summed E-state index contributed by atoms with van der Waals surface area (Å²) in [4.78, 5) is -0.0124. The largest absolute Gasteiger partial charge is 0.486 e. The van der Waals surface area contributed by atoms with Crippen LogP contribution in [0.5, 0.6) is 11.5 Å². The first-order valence-corrected chi connectivity index (χ1v) is 9.58. The zero-order valence-corrected chi connectivity index (χ0v) is 15.0. The first-order valence-electron chi connectivity index (χ1n) is 8.09. The molecule has 3 aromatic rings. The van der Waals surface area contributed by atoms with Gasteiger partial charge in [-0.15, -0.1) is 0 Å². The fraction of sp³-hybridized carbons (Fsp3) is 0.167. The van der Waals surface area contributed by atoms with E-state index in [1.165, 1.54) is 30.3 Å². The minimum Gasteiger partial charge on any atom is -0.486 e. The van der Waals surface area contributed by atoms with Crippen molar-refractivity contribution in [1.29, 1.82) is 0 Å². The van der Waals surface area contributed by atoms with Gasteiger partial charge in [-0.25, -0.2) is 12.8 Å². The molecule has 0 amide bonds. The van der Waals surface area contributed by atoms with Crippen molar-refractivity contribution in [3.63, 3.8) is 0 Å². The third-order valence-corrected chi connectivity index (χ3v) is 5.43. The van der Waals surface area contributed by atoms with Gasteiger partial charge in [0.1, 0.15) is 19.0 Å². The molecule has 0 unspecified atom stereocenters. The molecule has 2 heterocycles. The summed E-state index contributed by atoms with van der Waals surface area (Å²) < 4.78 is 57.7. The van der Waals surface area contributed by atoms with E-state index in [-0.39, 0.29) is 22.0 Å². The van der Waals surface area contributed by atoms with Gasteiger partial charge < -0.3 is 14.0 Å². The highest BCUT2D eigenvalue weighted by molar-refractivity contribution is 7.92. The summed E-state index contributed by atoms with van der Waals surface area (Å²) >= 11 is 0. The van der Waals surface area contributed by atoms with E-state index in [4.69, 9.17) is 14.0 Å². The molecule has 0 bridgehead atoms. The van der Waals surface area contributed by atoms with Crippen LogP contribution in [0.3, 0.4) is 0 Å². The minimum atomic E-state index is -3.95. The number of hydrogen-bond acceptors (Lipinski definition) is 6. The van der Waals surface area contributed by atoms with Gasteiger partial charge in [0.2, 0.25) is 0 Å². The van der Waals surface area contributed by atoms with E-state index in [2.05, 4.69) is 9.88 Å². The Kier molecular flexibility index (Phi) is 4.23. The summed E-state index contributed by atoms with van der Waals surface area (Å²) in [5.74, 6) is 0.502. The molecule has 1 N–H and O–H groups in total. The number of rotatable bonds is 4. The van der Waals surface area contributed by atoms with Gasteiger partial charge in [-0.2, -0.15) is 0 Å². The van der Waals surface area contributed by atoms with Gasteiger partial charge in [0.25, 0.3) is 10.0 Å². The van der Waals surface area contributed by atoms with Crippen LogP contribution in [0.2, 0.25) is 0 Å². The highest BCUT2D eigenvalue weighted by Gasteiger charge is 2.24. The molecule has 0 saturated carbocycles. The van der Waals surface area contributed by atoms with E-state index >= 15 is 0 Å². The van der Waals surface area contributed by atoms with Crippen molar-refractivity contribution in [2.24, 2.45) is 0 Å². The van der Waals surface area contributed by atoms with Gasteiger partial charge in [-0.3, -0.25) is 4.72 Å². The van der Waals surface area contributed by atoms with Crippen LogP contribution in [0.1, 0.15) is 5.56 Å². The number of halogens is 1. The highest BCUT2D eigenvalue weighted by atomic mass is 32.2. The molecule has 1 aromatic heterocycles. The molecule has 27 heavy (non-hydrogen) atoms. The van der Waals surface area contributed by atoms with Crippen molar-refractivity contribution in [2.45, 2.75) is 11.8 Å². The fourth-order valence-corrected chi connectivity index (χ4v) is 3.78. The molecule has 0 atom stereocenters. The number of benzene rings is 2. The lowest BCUT2D eigenvalue weighted by Crippen LogP contribution is -2.17.